The van der Waals surface area contributed by atoms with Crippen LogP contribution in [0.4, 0.5) is 5.69 Å². The second-order valence-corrected chi connectivity index (χ2v) is 13.6. The van der Waals surface area contributed by atoms with Gasteiger partial charge in [0, 0.05) is 17.5 Å². The summed E-state index contributed by atoms with van der Waals surface area (Å²) < 4.78 is 35.4. The molecule has 236 valence electrons. The summed E-state index contributed by atoms with van der Waals surface area (Å²) in [6.07, 6.45) is 7.44. The van der Waals surface area contributed by atoms with E-state index in [4.69, 9.17) is 4.74 Å². The largest absolute Gasteiger partial charge is 0.492 e. The Labute approximate surface area is 266 Å². The number of anilines is 1. The van der Waals surface area contributed by atoms with Crippen molar-refractivity contribution in [3.63, 3.8) is 0 Å². The molecule has 1 N–H and O–H groups in total. The smallest absolute Gasteiger partial charge is 0.264 e. The molecule has 44 heavy (non-hydrogen) atoms. The molecular weight excluding hydrogens is 595 g/mol. The van der Waals surface area contributed by atoms with Crippen molar-refractivity contribution in [3.8, 4) is 5.75 Å². The van der Waals surface area contributed by atoms with E-state index in [1.54, 1.807) is 48.5 Å². The van der Waals surface area contributed by atoms with Gasteiger partial charge in [-0.25, -0.2) is 8.42 Å². The number of ether oxygens (including phenoxy) is 1. The average molecular weight is 638 g/mol. The van der Waals surface area contributed by atoms with Crippen LogP contribution in [0.2, 0.25) is 0 Å². The van der Waals surface area contributed by atoms with Gasteiger partial charge in [-0.3, -0.25) is 13.9 Å². The van der Waals surface area contributed by atoms with Gasteiger partial charge in [-0.2, -0.15) is 0 Å². The summed E-state index contributed by atoms with van der Waals surface area (Å²) >= 11 is 1.51. The lowest BCUT2D eigenvalue weighted by atomic mass is 9.95. The molecule has 10 heteroatoms. The first-order chi connectivity index (χ1) is 21.3. The zero-order chi connectivity index (χ0) is 31.5. The minimum absolute atomic E-state index is 0.0612. The first kappa shape index (κ1) is 33.4. The number of hydrogen-bond acceptors (Lipinski definition) is 6. The van der Waals surface area contributed by atoms with Crippen molar-refractivity contribution in [2.24, 2.45) is 0 Å². The number of benzene rings is 3. The maximum atomic E-state index is 14.4. The van der Waals surface area contributed by atoms with Crippen LogP contribution in [0, 0.1) is 0 Å². The van der Waals surface area contributed by atoms with E-state index in [1.807, 2.05) is 50.4 Å². The SMILES string of the molecule is CCOc1ccccc1N(CC(=O)N(Cc1ccccc1)C(CC)C(=O)NC1CCCCC1)S(=O)(=O)c1ccc(SC)cc1. The molecular formula is C34H43N3O5S2. The van der Waals surface area contributed by atoms with Crippen LogP contribution < -0.4 is 14.4 Å². The van der Waals surface area contributed by atoms with Crippen molar-refractivity contribution in [2.45, 2.75) is 80.8 Å². The van der Waals surface area contributed by atoms with Crippen LogP contribution in [-0.4, -0.2) is 56.6 Å². The van der Waals surface area contributed by atoms with Crippen molar-refractivity contribution >= 4 is 39.3 Å². The topological polar surface area (TPSA) is 96.0 Å². The second kappa shape index (κ2) is 16.0. The molecule has 3 aromatic rings. The summed E-state index contributed by atoms with van der Waals surface area (Å²) in [6.45, 7) is 3.68. The third kappa shape index (κ3) is 8.35. The van der Waals surface area contributed by atoms with Gasteiger partial charge < -0.3 is 15.0 Å². The predicted molar refractivity (Wildman–Crippen MR) is 176 cm³/mol. The van der Waals surface area contributed by atoms with Gasteiger partial charge in [-0.05, 0) is 74.4 Å². The van der Waals surface area contributed by atoms with Gasteiger partial charge in [0.1, 0.15) is 18.3 Å². The van der Waals surface area contributed by atoms with Gasteiger partial charge in [0.2, 0.25) is 11.8 Å². The van der Waals surface area contributed by atoms with Crippen LogP contribution in [0.1, 0.15) is 57.9 Å². The Hall–Kier alpha value is -3.50. The monoisotopic (exact) mass is 637 g/mol. The molecule has 8 nitrogen and oxygen atoms in total. The number of rotatable bonds is 14. The molecule has 1 unspecified atom stereocenters. The Bertz CT molecular complexity index is 1480. The minimum atomic E-state index is -4.20. The number of thioether (sulfide) groups is 1. The molecule has 0 aliphatic heterocycles. The summed E-state index contributed by atoms with van der Waals surface area (Å²) in [5.74, 6) is -0.334. The molecule has 2 amide bonds. The molecule has 0 radical (unpaired) electrons. The molecule has 0 aromatic heterocycles. The fourth-order valence-corrected chi connectivity index (χ4v) is 7.41. The molecule has 0 saturated heterocycles. The summed E-state index contributed by atoms with van der Waals surface area (Å²) in [6, 6.07) is 22.2. The summed E-state index contributed by atoms with van der Waals surface area (Å²) in [4.78, 5) is 30.6. The number of carbonyl (C=O) groups is 2. The number of sulfonamides is 1. The molecule has 1 fully saturated rings. The maximum absolute atomic E-state index is 14.4. The van der Waals surface area contributed by atoms with Crippen LogP contribution in [0.25, 0.3) is 0 Å². The number of carbonyl (C=O) groups excluding carboxylic acids is 2. The van der Waals surface area contributed by atoms with Crippen LogP contribution >= 0.6 is 11.8 Å². The average Bonchev–Trinajstić information content (AvgIpc) is 3.05. The van der Waals surface area contributed by atoms with Gasteiger partial charge in [0.05, 0.1) is 17.2 Å². The van der Waals surface area contributed by atoms with Crippen molar-refractivity contribution in [1.82, 2.24) is 10.2 Å². The molecule has 1 atom stereocenters. The molecule has 1 saturated carbocycles. The highest BCUT2D eigenvalue weighted by atomic mass is 32.2. The van der Waals surface area contributed by atoms with E-state index < -0.39 is 28.5 Å². The second-order valence-electron chi connectivity index (χ2n) is 10.9. The zero-order valence-electron chi connectivity index (χ0n) is 25.8. The lowest BCUT2D eigenvalue weighted by molar-refractivity contribution is -0.140. The third-order valence-corrected chi connectivity index (χ3v) is 10.4. The fraction of sp³-hybridized carbons (Fsp3) is 0.412. The van der Waals surface area contributed by atoms with Gasteiger partial charge in [-0.15, -0.1) is 11.8 Å². The van der Waals surface area contributed by atoms with Crippen molar-refractivity contribution in [1.29, 1.82) is 0 Å². The van der Waals surface area contributed by atoms with E-state index >= 15 is 0 Å². The van der Waals surface area contributed by atoms with Crippen LogP contribution in [-0.2, 0) is 26.2 Å². The Morgan fingerprint density at radius 2 is 1.59 bits per heavy atom. The van der Waals surface area contributed by atoms with Gasteiger partial charge in [0.15, 0.2) is 0 Å². The van der Waals surface area contributed by atoms with E-state index in [0.717, 1.165) is 46.9 Å². The zero-order valence-corrected chi connectivity index (χ0v) is 27.4. The quantitative estimate of drug-likeness (QED) is 0.210. The highest BCUT2D eigenvalue weighted by molar-refractivity contribution is 7.98. The summed E-state index contributed by atoms with van der Waals surface area (Å²) in [5.41, 5.74) is 1.11. The van der Waals surface area contributed by atoms with E-state index in [2.05, 4.69) is 5.32 Å². The van der Waals surface area contributed by atoms with Crippen molar-refractivity contribution < 1.29 is 22.7 Å². The highest BCUT2D eigenvalue weighted by Gasteiger charge is 2.35. The van der Waals surface area contributed by atoms with Crippen LogP contribution in [0.3, 0.4) is 0 Å². The number of nitrogens with zero attached hydrogens (tertiary/aromatic N) is 2. The van der Waals surface area contributed by atoms with Crippen LogP contribution in [0.5, 0.6) is 5.75 Å². The molecule has 3 aromatic carbocycles. The van der Waals surface area contributed by atoms with Gasteiger partial charge in [0.25, 0.3) is 10.0 Å². The van der Waals surface area contributed by atoms with E-state index in [-0.39, 0.29) is 29.1 Å². The summed E-state index contributed by atoms with van der Waals surface area (Å²) in [7, 11) is -4.20. The Balaban J connectivity index is 1.73. The number of para-hydroxylation sites is 2. The Morgan fingerprint density at radius 1 is 0.932 bits per heavy atom. The van der Waals surface area contributed by atoms with Crippen molar-refractivity contribution in [3.05, 3.63) is 84.4 Å². The van der Waals surface area contributed by atoms with Gasteiger partial charge in [-0.1, -0.05) is 68.7 Å². The molecule has 4 rings (SSSR count). The maximum Gasteiger partial charge on any atom is 0.264 e. The van der Waals surface area contributed by atoms with Gasteiger partial charge >= 0.3 is 0 Å². The Morgan fingerprint density at radius 3 is 2.23 bits per heavy atom. The minimum Gasteiger partial charge on any atom is -0.492 e. The molecule has 0 heterocycles. The molecule has 0 spiro atoms. The lowest BCUT2D eigenvalue weighted by Crippen LogP contribution is -2.54. The molecule has 1 aliphatic rings. The molecule has 0 bridgehead atoms. The first-order valence-electron chi connectivity index (χ1n) is 15.3. The van der Waals surface area contributed by atoms with E-state index in [0.29, 0.717) is 18.8 Å². The number of nitrogens with one attached hydrogen (secondary N) is 1. The van der Waals surface area contributed by atoms with E-state index in [9.17, 15) is 18.0 Å². The standard InChI is InChI=1S/C34H43N3O5S2/c1-4-30(34(39)35-27-16-10-7-11-17-27)36(24-26-14-8-6-9-15-26)33(38)25-37(31-18-12-13-19-32(31)42-5-2)44(40,41)29-22-20-28(43-3)21-23-29/h6,8-9,12-15,18-23,27,30H,4-5,7,10-11,16-17,24-25H2,1-3H3,(H,35,39). The third-order valence-electron chi connectivity index (χ3n) is 7.89. The normalized spacial score (nSPS) is 14.4. The Kier molecular flexibility index (Phi) is 12.1. The predicted octanol–water partition coefficient (Wildman–Crippen LogP) is 6.26. The van der Waals surface area contributed by atoms with Crippen LogP contribution in [0.15, 0.2) is 88.7 Å². The van der Waals surface area contributed by atoms with E-state index in [1.165, 1.54) is 16.7 Å². The van der Waals surface area contributed by atoms with Crippen molar-refractivity contribution in [2.75, 3.05) is 23.7 Å². The number of amides is 2. The summed E-state index contributed by atoms with van der Waals surface area (Å²) in [5, 5.41) is 3.18. The number of hydrogen-bond donors (Lipinski definition) is 1. The highest BCUT2D eigenvalue weighted by Crippen LogP contribution is 2.33. The fourth-order valence-electron chi connectivity index (χ4n) is 5.57. The lowest BCUT2D eigenvalue weighted by Gasteiger charge is -2.34. The molecule has 1 aliphatic carbocycles. The first-order valence-corrected chi connectivity index (χ1v) is 18.0.